The summed E-state index contributed by atoms with van der Waals surface area (Å²) < 4.78 is 32.9. The molecule has 0 aromatic heterocycles. The molecule has 9 heteroatoms. The van der Waals surface area contributed by atoms with Gasteiger partial charge in [-0.2, -0.15) is 4.31 Å². The molecule has 180 valence electrons. The van der Waals surface area contributed by atoms with Crippen molar-refractivity contribution in [1.29, 1.82) is 0 Å². The number of nitrogens with zero attached hydrogens (tertiary/aromatic N) is 1. The molecular weight excluding hydrogens is 469 g/mol. The second-order valence-electron chi connectivity index (χ2n) is 7.54. The van der Waals surface area contributed by atoms with Gasteiger partial charge in [0.2, 0.25) is 10.0 Å². The Morgan fingerprint density at radius 1 is 1.09 bits per heavy atom. The van der Waals surface area contributed by atoms with E-state index in [1.165, 1.54) is 9.87 Å². The summed E-state index contributed by atoms with van der Waals surface area (Å²) in [6, 6.07) is 16.1. The standard InChI is InChI=1S/C23H33N3O3S.2ClH/c1-4-26(5-2)30(27,28)20-13-14-22(29-3)19(16-20)17-25-21-12-9-15-24-23(21)18-10-7-6-8-11-18;;/h6-8,10-11,13-14,16,21,23-25H,4-5,9,12,15,17H2,1-3H3;2*1H. The van der Waals surface area contributed by atoms with E-state index in [2.05, 4.69) is 34.9 Å². The molecule has 0 saturated carbocycles. The van der Waals surface area contributed by atoms with Gasteiger partial charge in [-0.1, -0.05) is 44.2 Å². The Balaban J connectivity index is 0.00000256. The average Bonchev–Trinajstić information content (AvgIpc) is 2.79. The van der Waals surface area contributed by atoms with Crippen molar-refractivity contribution in [3.63, 3.8) is 0 Å². The number of nitrogens with one attached hydrogen (secondary N) is 2. The van der Waals surface area contributed by atoms with E-state index in [1.807, 2.05) is 19.9 Å². The quantitative estimate of drug-likeness (QED) is 0.537. The second kappa shape index (κ2) is 13.4. The predicted molar refractivity (Wildman–Crippen MR) is 135 cm³/mol. The van der Waals surface area contributed by atoms with Crippen LogP contribution in [0.4, 0.5) is 0 Å². The molecule has 1 aliphatic rings. The van der Waals surface area contributed by atoms with E-state index in [9.17, 15) is 8.42 Å². The fourth-order valence-electron chi connectivity index (χ4n) is 4.13. The van der Waals surface area contributed by atoms with Crippen molar-refractivity contribution < 1.29 is 13.2 Å². The molecule has 1 aliphatic heterocycles. The zero-order valence-electron chi connectivity index (χ0n) is 18.9. The van der Waals surface area contributed by atoms with E-state index in [4.69, 9.17) is 4.74 Å². The zero-order valence-corrected chi connectivity index (χ0v) is 21.4. The third kappa shape index (κ3) is 6.59. The van der Waals surface area contributed by atoms with Crippen molar-refractivity contribution in [1.82, 2.24) is 14.9 Å². The normalized spacial score (nSPS) is 18.5. The molecule has 2 aromatic carbocycles. The molecule has 32 heavy (non-hydrogen) atoms. The van der Waals surface area contributed by atoms with Crippen molar-refractivity contribution >= 4 is 34.8 Å². The van der Waals surface area contributed by atoms with Gasteiger partial charge < -0.3 is 15.4 Å². The number of ether oxygens (including phenoxy) is 1. The van der Waals surface area contributed by atoms with Gasteiger partial charge in [0.25, 0.3) is 0 Å². The fraction of sp³-hybridized carbons (Fsp3) is 0.478. The summed E-state index contributed by atoms with van der Waals surface area (Å²) >= 11 is 0. The van der Waals surface area contributed by atoms with Gasteiger partial charge in [-0.05, 0) is 43.1 Å². The summed E-state index contributed by atoms with van der Waals surface area (Å²) in [7, 11) is -1.89. The molecule has 0 amide bonds. The van der Waals surface area contributed by atoms with Crippen molar-refractivity contribution in [2.45, 2.75) is 50.2 Å². The lowest BCUT2D eigenvalue weighted by Crippen LogP contribution is -2.45. The monoisotopic (exact) mass is 503 g/mol. The maximum atomic E-state index is 12.9. The summed E-state index contributed by atoms with van der Waals surface area (Å²) in [5, 5.41) is 7.27. The van der Waals surface area contributed by atoms with Gasteiger partial charge >= 0.3 is 0 Å². The Bertz CT molecular complexity index is 925. The predicted octanol–water partition coefficient (Wildman–Crippen LogP) is 4.15. The van der Waals surface area contributed by atoms with Crippen LogP contribution in [0.15, 0.2) is 53.4 Å². The summed E-state index contributed by atoms with van der Waals surface area (Å²) in [6.07, 6.45) is 2.17. The maximum Gasteiger partial charge on any atom is 0.243 e. The van der Waals surface area contributed by atoms with Gasteiger partial charge in [-0.3, -0.25) is 0 Å². The molecule has 2 N–H and O–H groups in total. The lowest BCUT2D eigenvalue weighted by molar-refractivity contribution is 0.302. The van der Waals surface area contributed by atoms with Crippen LogP contribution in [0.3, 0.4) is 0 Å². The maximum absolute atomic E-state index is 12.9. The molecule has 2 atom stereocenters. The highest BCUT2D eigenvalue weighted by Crippen LogP contribution is 2.27. The molecule has 1 heterocycles. The Labute approximate surface area is 205 Å². The minimum Gasteiger partial charge on any atom is -0.496 e. The lowest BCUT2D eigenvalue weighted by atomic mass is 9.92. The number of rotatable bonds is 9. The molecular formula is C23H35Cl2N3O3S. The minimum atomic E-state index is -3.51. The van der Waals surface area contributed by atoms with E-state index in [0.29, 0.717) is 30.3 Å². The number of benzene rings is 2. The van der Waals surface area contributed by atoms with E-state index < -0.39 is 10.0 Å². The minimum absolute atomic E-state index is 0. The van der Waals surface area contributed by atoms with E-state index in [1.54, 1.807) is 25.3 Å². The molecule has 3 rings (SSSR count). The first kappa shape index (κ1) is 28.7. The highest BCUT2D eigenvalue weighted by Gasteiger charge is 2.27. The van der Waals surface area contributed by atoms with E-state index in [-0.39, 0.29) is 36.9 Å². The van der Waals surface area contributed by atoms with Crippen LogP contribution in [0, 0.1) is 0 Å². The van der Waals surface area contributed by atoms with Gasteiger partial charge in [0.05, 0.1) is 12.0 Å². The zero-order chi connectivity index (χ0) is 21.6. The molecule has 2 aromatic rings. The van der Waals surface area contributed by atoms with E-state index >= 15 is 0 Å². The van der Waals surface area contributed by atoms with Crippen molar-refractivity contribution in [2.24, 2.45) is 0 Å². The van der Waals surface area contributed by atoms with Gasteiger partial charge in [-0.25, -0.2) is 8.42 Å². The Hall–Kier alpha value is -1.35. The number of methoxy groups -OCH3 is 1. The second-order valence-corrected chi connectivity index (χ2v) is 9.47. The number of halogens is 2. The van der Waals surface area contributed by atoms with Crippen LogP contribution in [-0.4, -0.2) is 45.5 Å². The van der Waals surface area contributed by atoms with Crippen LogP contribution in [0.1, 0.15) is 43.9 Å². The summed E-state index contributed by atoms with van der Waals surface area (Å²) in [6.45, 7) is 6.15. The summed E-state index contributed by atoms with van der Waals surface area (Å²) in [5.41, 5.74) is 2.11. The lowest BCUT2D eigenvalue weighted by Gasteiger charge is -2.34. The number of hydrogen-bond acceptors (Lipinski definition) is 5. The first-order valence-corrected chi connectivity index (χ1v) is 12.1. The van der Waals surface area contributed by atoms with Gasteiger partial charge in [0.15, 0.2) is 0 Å². The van der Waals surface area contributed by atoms with Crippen molar-refractivity contribution in [2.75, 3.05) is 26.7 Å². The van der Waals surface area contributed by atoms with Crippen LogP contribution in [0.2, 0.25) is 0 Å². The molecule has 2 unspecified atom stereocenters. The third-order valence-electron chi connectivity index (χ3n) is 5.77. The van der Waals surface area contributed by atoms with Crippen molar-refractivity contribution in [3.8, 4) is 5.75 Å². The fourth-order valence-corrected chi connectivity index (χ4v) is 5.64. The molecule has 1 fully saturated rings. The van der Waals surface area contributed by atoms with Crippen LogP contribution in [-0.2, 0) is 16.6 Å². The first-order chi connectivity index (χ1) is 14.5. The number of sulfonamides is 1. The molecule has 1 saturated heterocycles. The SMILES string of the molecule is CCN(CC)S(=O)(=O)c1ccc(OC)c(CNC2CCCNC2c2ccccc2)c1.Cl.Cl. The third-order valence-corrected chi connectivity index (χ3v) is 7.81. The number of piperidine rings is 1. The smallest absolute Gasteiger partial charge is 0.243 e. The topological polar surface area (TPSA) is 70.7 Å². The van der Waals surface area contributed by atoms with Crippen LogP contribution in [0.5, 0.6) is 5.75 Å². The van der Waals surface area contributed by atoms with E-state index in [0.717, 1.165) is 24.9 Å². The Morgan fingerprint density at radius 2 is 1.78 bits per heavy atom. The van der Waals surface area contributed by atoms with Crippen LogP contribution in [0.25, 0.3) is 0 Å². The van der Waals surface area contributed by atoms with Gasteiger partial charge in [0, 0.05) is 37.3 Å². The van der Waals surface area contributed by atoms with Gasteiger partial charge in [0.1, 0.15) is 5.75 Å². The van der Waals surface area contributed by atoms with Crippen molar-refractivity contribution in [3.05, 3.63) is 59.7 Å². The van der Waals surface area contributed by atoms with Gasteiger partial charge in [-0.15, -0.1) is 24.8 Å². The Kier molecular flexibility index (Phi) is 12.0. The largest absolute Gasteiger partial charge is 0.496 e. The average molecular weight is 505 g/mol. The molecule has 0 bridgehead atoms. The highest BCUT2D eigenvalue weighted by atomic mass is 35.5. The molecule has 0 radical (unpaired) electrons. The Morgan fingerprint density at radius 3 is 2.41 bits per heavy atom. The molecule has 0 spiro atoms. The molecule has 0 aliphatic carbocycles. The molecule has 6 nitrogen and oxygen atoms in total. The van der Waals surface area contributed by atoms with Crippen LogP contribution < -0.4 is 15.4 Å². The number of hydrogen-bond donors (Lipinski definition) is 2. The first-order valence-electron chi connectivity index (χ1n) is 10.7. The highest BCUT2D eigenvalue weighted by molar-refractivity contribution is 7.89. The summed E-state index contributed by atoms with van der Waals surface area (Å²) in [5.74, 6) is 0.695. The summed E-state index contributed by atoms with van der Waals surface area (Å²) in [4.78, 5) is 0.310. The van der Waals surface area contributed by atoms with Crippen LogP contribution >= 0.6 is 24.8 Å².